The van der Waals surface area contributed by atoms with Crippen molar-refractivity contribution in [2.24, 2.45) is 0 Å². The molecule has 0 unspecified atom stereocenters. The van der Waals surface area contributed by atoms with Crippen molar-refractivity contribution in [1.82, 2.24) is 4.57 Å². The molecule has 1 aromatic heterocycles. The van der Waals surface area contributed by atoms with Crippen molar-refractivity contribution in [2.75, 3.05) is 0 Å². The number of nitrogens with zero attached hydrogens (tertiary/aromatic N) is 1. The molecule has 2 rings (SSSR count). The Bertz CT molecular complexity index is 711. The van der Waals surface area contributed by atoms with E-state index in [0.29, 0.717) is 6.54 Å². The van der Waals surface area contributed by atoms with Crippen molar-refractivity contribution >= 4 is 5.78 Å². The van der Waals surface area contributed by atoms with E-state index in [1.165, 1.54) is 12.5 Å². The second-order valence-electron chi connectivity index (χ2n) is 5.55. The van der Waals surface area contributed by atoms with Gasteiger partial charge in [-0.05, 0) is 43.0 Å². The third-order valence-electron chi connectivity index (χ3n) is 3.95. The second kappa shape index (κ2) is 7.21. The van der Waals surface area contributed by atoms with Crippen molar-refractivity contribution in [3.63, 3.8) is 0 Å². The number of hydrogen-bond acceptors (Lipinski definition) is 2. The monoisotopic (exact) mass is 297 g/mol. The van der Waals surface area contributed by atoms with Gasteiger partial charge in [-0.2, -0.15) is 0 Å². The molecule has 1 heterocycles. The van der Waals surface area contributed by atoms with E-state index >= 15 is 0 Å². The molecule has 116 valence electrons. The molecule has 3 nitrogen and oxygen atoms in total. The van der Waals surface area contributed by atoms with Crippen LogP contribution in [-0.2, 0) is 13.0 Å². The van der Waals surface area contributed by atoms with E-state index in [2.05, 4.69) is 26.0 Å². The molecule has 0 aliphatic carbocycles. The standard InChI is InChI=1S/C19H23NO2/c1-4-6-13-20-18(12-11-17(14(3)21)19(20)22)16-9-7-15(5-2)8-10-16/h7-12H,4-6,13H2,1-3H3. The van der Waals surface area contributed by atoms with E-state index in [9.17, 15) is 9.59 Å². The Kier molecular flexibility index (Phi) is 5.31. The van der Waals surface area contributed by atoms with E-state index in [0.717, 1.165) is 30.5 Å². The van der Waals surface area contributed by atoms with Gasteiger partial charge in [0.1, 0.15) is 0 Å². The number of aryl methyl sites for hydroxylation is 1. The molecule has 2 aromatic rings. The van der Waals surface area contributed by atoms with Crippen molar-refractivity contribution in [3.8, 4) is 11.3 Å². The van der Waals surface area contributed by atoms with E-state index in [1.54, 1.807) is 10.6 Å². The SMILES string of the molecule is CCCCn1c(-c2ccc(CC)cc2)ccc(C(C)=O)c1=O. The third-order valence-corrected chi connectivity index (χ3v) is 3.95. The summed E-state index contributed by atoms with van der Waals surface area (Å²) in [5.41, 5.74) is 3.25. The Balaban J connectivity index is 2.55. The molecule has 0 N–H and O–H groups in total. The normalized spacial score (nSPS) is 10.7. The van der Waals surface area contributed by atoms with E-state index in [4.69, 9.17) is 0 Å². The van der Waals surface area contributed by atoms with Crippen LogP contribution in [0.1, 0.15) is 49.5 Å². The summed E-state index contributed by atoms with van der Waals surface area (Å²) in [5.74, 6) is -0.178. The topological polar surface area (TPSA) is 39.1 Å². The first-order valence-electron chi connectivity index (χ1n) is 7.92. The van der Waals surface area contributed by atoms with Crippen LogP contribution in [0.5, 0.6) is 0 Å². The molecule has 0 atom stereocenters. The minimum Gasteiger partial charge on any atom is -0.308 e. The van der Waals surface area contributed by atoms with Crippen LogP contribution < -0.4 is 5.56 Å². The number of unbranched alkanes of at least 4 members (excludes halogenated alkanes) is 1. The van der Waals surface area contributed by atoms with Gasteiger partial charge in [-0.1, -0.05) is 44.5 Å². The molecule has 0 bridgehead atoms. The molecule has 0 spiro atoms. The summed E-state index contributed by atoms with van der Waals surface area (Å²) in [6.45, 7) is 6.29. The van der Waals surface area contributed by atoms with E-state index < -0.39 is 0 Å². The maximum Gasteiger partial charge on any atom is 0.261 e. The second-order valence-corrected chi connectivity index (χ2v) is 5.55. The summed E-state index contributed by atoms with van der Waals surface area (Å²) in [5, 5.41) is 0. The van der Waals surface area contributed by atoms with Crippen molar-refractivity contribution in [2.45, 2.75) is 46.6 Å². The number of rotatable bonds is 6. The van der Waals surface area contributed by atoms with Crippen molar-refractivity contribution in [3.05, 3.63) is 57.9 Å². The van der Waals surface area contributed by atoms with Gasteiger partial charge in [0.05, 0.1) is 11.3 Å². The Morgan fingerprint density at radius 1 is 1.05 bits per heavy atom. The van der Waals surface area contributed by atoms with Gasteiger partial charge in [-0.3, -0.25) is 9.59 Å². The first-order chi connectivity index (χ1) is 10.6. The summed E-state index contributed by atoms with van der Waals surface area (Å²) >= 11 is 0. The van der Waals surface area contributed by atoms with Gasteiger partial charge in [0, 0.05) is 6.54 Å². The molecule has 0 radical (unpaired) electrons. The van der Waals surface area contributed by atoms with E-state index in [1.807, 2.05) is 18.2 Å². The fraction of sp³-hybridized carbons (Fsp3) is 0.368. The number of Topliss-reactive ketones (excluding diaryl/α,β-unsaturated/α-hetero) is 1. The first kappa shape index (κ1) is 16.2. The number of pyridine rings is 1. The zero-order valence-corrected chi connectivity index (χ0v) is 13.6. The number of ketones is 1. The van der Waals surface area contributed by atoms with Crippen LogP contribution in [0.3, 0.4) is 0 Å². The molecule has 0 saturated heterocycles. The maximum atomic E-state index is 12.6. The van der Waals surface area contributed by atoms with E-state index in [-0.39, 0.29) is 16.9 Å². The van der Waals surface area contributed by atoms with Crippen molar-refractivity contribution < 1.29 is 4.79 Å². The molecule has 0 saturated carbocycles. The fourth-order valence-electron chi connectivity index (χ4n) is 2.55. The molecule has 1 aromatic carbocycles. The highest BCUT2D eigenvalue weighted by molar-refractivity contribution is 5.94. The number of aromatic nitrogens is 1. The van der Waals surface area contributed by atoms with Gasteiger partial charge < -0.3 is 4.57 Å². The molecule has 0 aliphatic rings. The molecule has 0 aliphatic heterocycles. The summed E-state index contributed by atoms with van der Waals surface area (Å²) in [4.78, 5) is 24.2. The number of carbonyl (C=O) groups excluding carboxylic acids is 1. The summed E-state index contributed by atoms with van der Waals surface area (Å²) in [7, 11) is 0. The Labute approximate surface area is 131 Å². The lowest BCUT2D eigenvalue weighted by Crippen LogP contribution is -2.27. The van der Waals surface area contributed by atoms with Crippen molar-refractivity contribution in [1.29, 1.82) is 0 Å². The predicted octanol–water partition coefficient (Wildman–Crippen LogP) is 4.08. The van der Waals surface area contributed by atoms with Crippen LogP contribution in [0.15, 0.2) is 41.2 Å². The van der Waals surface area contributed by atoms with Crippen LogP contribution in [0.2, 0.25) is 0 Å². The average molecular weight is 297 g/mol. The van der Waals surface area contributed by atoms with Crippen LogP contribution in [0, 0.1) is 0 Å². The Morgan fingerprint density at radius 2 is 1.73 bits per heavy atom. The number of carbonyl (C=O) groups is 1. The van der Waals surface area contributed by atoms with Gasteiger partial charge >= 0.3 is 0 Å². The zero-order chi connectivity index (χ0) is 16.1. The van der Waals surface area contributed by atoms with Gasteiger partial charge in [-0.15, -0.1) is 0 Å². The highest BCUT2D eigenvalue weighted by Gasteiger charge is 2.12. The molecular weight excluding hydrogens is 274 g/mol. The number of hydrogen-bond donors (Lipinski definition) is 0. The highest BCUT2D eigenvalue weighted by Crippen LogP contribution is 2.20. The molecular formula is C19H23NO2. The molecule has 0 fully saturated rings. The smallest absolute Gasteiger partial charge is 0.261 e. The van der Waals surface area contributed by atoms with Gasteiger partial charge in [0.25, 0.3) is 5.56 Å². The average Bonchev–Trinajstić information content (AvgIpc) is 2.53. The van der Waals surface area contributed by atoms with Crippen LogP contribution in [0.25, 0.3) is 11.3 Å². The lowest BCUT2D eigenvalue weighted by atomic mass is 10.0. The Hall–Kier alpha value is -2.16. The minimum absolute atomic E-state index is 0.178. The lowest BCUT2D eigenvalue weighted by molar-refractivity contribution is 0.101. The van der Waals surface area contributed by atoms with Gasteiger partial charge in [0.2, 0.25) is 0 Å². The van der Waals surface area contributed by atoms with Crippen LogP contribution in [-0.4, -0.2) is 10.4 Å². The van der Waals surface area contributed by atoms with Crippen LogP contribution in [0.4, 0.5) is 0 Å². The highest BCUT2D eigenvalue weighted by atomic mass is 16.1. The molecule has 22 heavy (non-hydrogen) atoms. The third kappa shape index (κ3) is 3.35. The summed E-state index contributed by atoms with van der Waals surface area (Å²) in [6, 6.07) is 11.8. The predicted molar refractivity (Wildman–Crippen MR) is 90.4 cm³/mol. The lowest BCUT2D eigenvalue weighted by Gasteiger charge is -2.14. The zero-order valence-electron chi connectivity index (χ0n) is 13.6. The summed E-state index contributed by atoms with van der Waals surface area (Å²) < 4.78 is 1.74. The first-order valence-corrected chi connectivity index (χ1v) is 7.92. The molecule has 0 amide bonds. The minimum atomic E-state index is -0.182. The fourth-order valence-corrected chi connectivity index (χ4v) is 2.55. The quantitative estimate of drug-likeness (QED) is 0.754. The maximum absolute atomic E-state index is 12.6. The van der Waals surface area contributed by atoms with Gasteiger partial charge in [-0.25, -0.2) is 0 Å². The molecule has 3 heteroatoms. The number of benzene rings is 1. The largest absolute Gasteiger partial charge is 0.308 e. The van der Waals surface area contributed by atoms with Crippen LogP contribution >= 0.6 is 0 Å². The van der Waals surface area contributed by atoms with Gasteiger partial charge in [0.15, 0.2) is 5.78 Å². The Morgan fingerprint density at radius 3 is 2.27 bits per heavy atom. The summed E-state index contributed by atoms with van der Waals surface area (Å²) in [6.07, 6.45) is 2.92.